The normalized spacial score (nSPS) is 10.4. The van der Waals surface area contributed by atoms with Crippen LogP contribution >= 0.6 is 11.3 Å². The van der Waals surface area contributed by atoms with Crippen molar-refractivity contribution in [3.63, 3.8) is 0 Å². The lowest BCUT2D eigenvalue weighted by Gasteiger charge is -2.08. The predicted octanol–water partition coefficient (Wildman–Crippen LogP) is 1.86. The number of anilines is 2. The molecular weight excluding hydrogens is 368 g/mol. The van der Waals surface area contributed by atoms with Crippen molar-refractivity contribution >= 4 is 34.5 Å². The van der Waals surface area contributed by atoms with Crippen LogP contribution in [0.2, 0.25) is 0 Å². The second kappa shape index (κ2) is 7.83. The standard InChI is InChI=1S/C18H16N4O4S/c1-11(23)20-12-4-6-13(7-5-12)21-16(24)15-9-19-18(26)22(17(15)25)10-14-3-2-8-27-14/h2-9H,10H2,1H3,(H,19,26)(H,20,23)(H,21,24). The molecule has 3 rings (SSSR count). The van der Waals surface area contributed by atoms with E-state index in [0.717, 1.165) is 15.6 Å². The molecule has 0 bridgehead atoms. The fraction of sp³-hybridized carbons (Fsp3) is 0.111. The number of carbonyl (C=O) groups is 2. The van der Waals surface area contributed by atoms with Crippen LogP contribution in [0.25, 0.3) is 0 Å². The molecule has 0 atom stereocenters. The van der Waals surface area contributed by atoms with Gasteiger partial charge in [-0.15, -0.1) is 11.3 Å². The first kappa shape index (κ1) is 18.3. The average molecular weight is 384 g/mol. The lowest BCUT2D eigenvalue weighted by atomic mass is 10.2. The molecule has 8 nitrogen and oxygen atoms in total. The zero-order valence-electron chi connectivity index (χ0n) is 14.3. The molecule has 0 aliphatic carbocycles. The fourth-order valence-corrected chi connectivity index (χ4v) is 3.11. The van der Waals surface area contributed by atoms with Crippen LogP contribution in [0.5, 0.6) is 0 Å². The van der Waals surface area contributed by atoms with Gasteiger partial charge in [-0.05, 0) is 35.7 Å². The van der Waals surface area contributed by atoms with E-state index in [0.29, 0.717) is 11.4 Å². The van der Waals surface area contributed by atoms with Gasteiger partial charge in [-0.25, -0.2) is 4.79 Å². The zero-order chi connectivity index (χ0) is 19.4. The van der Waals surface area contributed by atoms with E-state index in [2.05, 4.69) is 15.6 Å². The molecule has 0 aliphatic heterocycles. The van der Waals surface area contributed by atoms with Gasteiger partial charge in [0, 0.05) is 29.4 Å². The Bertz CT molecular complexity index is 1080. The zero-order valence-corrected chi connectivity index (χ0v) is 15.1. The first-order valence-electron chi connectivity index (χ1n) is 7.98. The first-order valence-corrected chi connectivity index (χ1v) is 8.86. The van der Waals surface area contributed by atoms with Gasteiger partial charge in [-0.2, -0.15) is 0 Å². The summed E-state index contributed by atoms with van der Waals surface area (Å²) in [6, 6.07) is 10.1. The highest BCUT2D eigenvalue weighted by atomic mass is 32.1. The Kier molecular flexibility index (Phi) is 5.32. The topological polar surface area (TPSA) is 113 Å². The summed E-state index contributed by atoms with van der Waals surface area (Å²) in [7, 11) is 0. The maximum absolute atomic E-state index is 12.6. The summed E-state index contributed by atoms with van der Waals surface area (Å²) >= 11 is 1.41. The van der Waals surface area contributed by atoms with Gasteiger partial charge in [0.2, 0.25) is 5.91 Å². The molecule has 27 heavy (non-hydrogen) atoms. The predicted molar refractivity (Wildman–Crippen MR) is 103 cm³/mol. The van der Waals surface area contributed by atoms with Crippen molar-refractivity contribution in [2.24, 2.45) is 0 Å². The van der Waals surface area contributed by atoms with Gasteiger partial charge < -0.3 is 15.6 Å². The maximum Gasteiger partial charge on any atom is 0.328 e. The van der Waals surface area contributed by atoms with Crippen LogP contribution in [0.1, 0.15) is 22.2 Å². The third kappa shape index (κ3) is 4.39. The molecule has 0 unspecified atom stereocenters. The molecule has 0 saturated heterocycles. The van der Waals surface area contributed by atoms with Crippen LogP contribution in [0.4, 0.5) is 11.4 Å². The molecule has 0 spiro atoms. The number of thiophene rings is 1. The van der Waals surface area contributed by atoms with Gasteiger partial charge >= 0.3 is 5.69 Å². The molecule has 2 amide bonds. The van der Waals surface area contributed by atoms with E-state index >= 15 is 0 Å². The second-order valence-corrected chi connectivity index (χ2v) is 6.72. The Morgan fingerprint density at radius 3 is 2.33 bits per heavy atom. The minimum Gasteiger partial charge on any atom is -0.326 e. The molecule has 2 aromatic heterocycles. The number of aromatic nitrogens is 2. The fourth-order valence-electron chi connectivity index (χ4n) is 2.41. The van der Waals surface area contributed by atoms with E-state index < -0.39 is 17.2 Å². The number of hydrogen-bond acceptors (Lipinski definition) is 5. The number of carbonyl (C=O) groups excluding carboxylic acids is 2. The molecule has 0 aliphatic rings. The molecule has 0 fully saturated rings. The average Bonchev–Trinajstić information content (AvgIpc) is 3.13. The summed E-state index contributed by atoms with van der Waals surface area (Å²) in [6.45, 7) is 1.49. The van der Waals surface area contributed by atoms with E-state index in [1.54, 1.807) is 30.3 Å². The Morgan fingerprint density at radius 1 is 1.07 bits per heavy atom. The number of H-pyrrole nitrogens is 1. The number of hydrogen-bond donors (Lipinski definition) is 3. The minimum absolute atomic E-state index is 0.0956. The van der Waals surface area contributed by atoms with Crippen molar-refractivity contribution in [3.05, 3.63) is 79.3 Å². The molecule has 9 heteroatoms. The Balaban J connectivity index is 1.81. The second-order valence-electron chi connectivity index (χ2n) is 5.69. The summed E-state index contributed by atoms with van der Waals surface area (Å²) < 4.78 is 0.987. The van der Waals surface area contributed by atoms with Crippen LogP contribution in [-0.2, 0) is 11.3 Å². The third-order valence-electron chi connectivity index (χ3n) is 3.66. The summed E-state index contributed by atoms with van der Waals surface area (Å²) in [6.07, 6.45) is 1.11. The molecule has 138 valence electrons. The van der Waals surface area contributed by atoms with Gasteiger partial charge in [-0.1, -0.05) is 6.07 Å². The van der Waals surface area contributed by atoms with Gasteiger partial charge in [0.1, 0.15) is 5.56 Å². The van der Waals surface area contributed by atoms with Crippen LogP contribution in [-0.4, -0.2) is 21.4 Å². The van der Waals surface area contributed by atoms with Crippen molar-refractivity contribution in [3.8, 4) is 0 Å². The Hall–Kier alpha value is -3.46. The molecule has 1 aromatic carbocycles. The van der Waals surface area contributed by atoms with Gasteiger partial charge in [-0.3, -0.25) is 19.0 Å². The number of nitrogens with one attached hydrogen (secondary N) is 3. The minimum atomic E-state index is -0.667. The van der Waals surface area contributed by atoms with Gasteiger partial charge in [0.25, 0.3) is 11.5 Å². The number of aromatic amines is 1. The number of nitrogens with zero attached hydrogens (tertiary/aromatic N) is 1. The van der Waals surface area contributed by atoms with E-state index in [1.165, 1.54) is 18.3 Å². The summed E-state index contributed by atoms with van der Waals surface area (Å²) in [5.74, 6) is -0.838. The first-order chi connectivity index (χ1) is 12.9. The number of amides is 2. The van der Waals surface area contributed by atoms with Crippen molar-refractivity contribution in [2.75, 3.05) is 10.6 Å². The smallest absolute Gasteiger partial charge is 0.326 e. The summed E-state index contributed by atoms with van der Waals surface area (Å²) in [5, 5.41) is 7.06. The number of benzene rings is 1. The molecule has 3 N–H and O–H groups in total. The lowest BCUT2D eigenvalue weighted by Crippen LogP contribution is -2.39. The lowest BCUT2D eigenvalue weighted by molar-refractivity contribution is -0.114. The van der Waals surface area contributed by atoms with Crippen LogP contribution < -0.4 is 21.9 Å². The van der Waals surface area contributed by atoms with E-state index in [-0.39, 0.29) is 18.0 Å². The van der Waals surface area contributed by atoms with E-state index in [4.69, 9.17) is 0 Å². The highest BCUT2D eigenvalue weighted by Gasteiger charge is 2.15. The van der Waals surface area contributed by atoms with Crippen molar-refractivity contribution < 1.29 is 9.59 Å². The molecule has 0 radical (unpaired) electrons. The highest BCUT2D eigenvalue weighted by Crippen LogP contribution is 2.14. The summed E-state index contributed by atoms with van der Waals surface area (Å²) in [4.78, 5) is 51.3. The van der Waals surface area contributed by atoms with Crippen molar-refractivity contribution in [1.29, 1.82) is 0 Å². The monoisotopic (exact) mass is 384 g/mol. The Labute approximate surface area is 157 Å². The molecule has 0 saturated carbocycles. The van der Waals surface area contributed by atoms with Crippen LogP contribution in [0.3, 0.4) is 0 Å². The Morgan fingerprint density at radius 2 is 1.74 bits per heavy atom. The van der Waals surface area contributed by atoms with Crippen LogP contribution in [0.15, 0.2) is 57.6 Å². The third-order valence-corrected chi connectivity index (χ3v) is 4.52. The molecule has 3 aromatic rings. The van der Waals surface area contributed by atoms with Crippen LogP contribution in [0, 0.1) is 0 Å². The SMILES string of the molecule is CC(=O)Nc1ccc(NC(=O)c2c[nH]c(=O)n(Cc3cccs3)c2=O)cc1. The van der Waals surface area contributed by atoms with E-state index in [1.807, 2.05) is 11.4 Å². The van der Waals surface area contributed by atoms with E-state index in [9.17, 15) is 19.2 Å². The maximum atomic E-state index is 12.6. The summed E-state index contributed by atoms with van der Waals surface area (Å²) in [5.41, 5.74) is -0.381. The van der Waals surface area contributed by atoms with Crippen molar-refractivity contribution in [2.45, 2.75) is 13.5 Å². The molecular formula is C18H16N4O4S. The van der Waals surface area contributed by atoms with Gasteiger partial charge in [0.15, 0.2) is 0 Å². The quantitative estimate of drug-likeness (QED) is 0.623. The van der Waals surface area contributed by atoms with Gasteiger partial charge in [0.05, 0.1) is 6.54 Å². The molecule has 2 heterocycles. The van der Waals surface area contributed by atoms with Crippen molar-refractivity contribution in [1.82, 2.24) is 9.55 Å². The highest BCUT2D eigenvalue weighted by molar-refractivity contribution is 7.09. The number of rotatable bonds is 5. The largest absolute Gasteiger partial charge is 0.328 e.